The third-order valence-corrected chi connectivity index (χ3v) is 5.07. The van der Waals surface area contributed by atoms with Gasteiger partial charge < -0.3 is 5.32 Å². The van der Waals surface area contributed by atoms with Crippen molar-refractivity contribution in [3.63, 3.8) is 0 Å². The number of aromatic nitrogens is 2. The van der Waals surface area contributed by atoms with E-state index in [0.717, 1.165) is 28.9 Å². The number of halogens is 1. The zero-order valence-corrected chi connectivity index (χ0v) is 12.4. The van der Waals surface area contributed by atoms with Gasteiger partial charge in [0.1, 0.15) is 16.5 Å². The molecule has 0 fully saturated rings. The summed E-state index contributed by atoms with van der Waals surface area (Å²) in [5, 5.41) is 4.32. The van der Waals surface area contributed by atoms with Crippen molar-refractivity contribution in [1.82, 2.24) is 9.97 Å². The van der Waals surface area contributed by atoms with Crippen molar-refractivity contribution in [3.05, 3.63) is 40.5 Å². The molecule has 0 atom stereocenters. The molecular formula is C16H14FN3S. The van der Waals surface area contributed by atoms with Gasteiger partial charge in [0.05, 0.1) is 5.39 Å². The zero-order chi connectivity index (χ0) is 14.4. The van der Waals surface area contributed by atoms with E-state index in [-0.39, 0.29) is 5.82 Å². The van der Waals surface area contributed by atoms with Gasteiger partial charge in [0.25, 0.3) is 0 Å². The van der Waals surface area contributed by atoms with Gasteiger partial charge in [0.2, 0.25) is 0 Å². The highest BCUT2D eigenvalue weighted by Gasteiger charge is 2.22. The molecule has 21 heavy (non-hydrogen) atoms. The Balaban J connectivity index is 1.96. The topological polar surface area (TPSA) is 37.8 Å². The molecule has 0 saturated carbocycles. The molecule has 2 aromatic heterocycles. The number of benzene rings is 1. The molecule has 106 valence electrons. The Hall–Kier alpha value is -2.01. The Labute approximate surface area is 125 Å². The van der Waals surface area contributed by atoms with Crippen molar-refractivity contribution in [2.24, 2.45) is 0 Å². The molecule has 1 aliphatic carbocycles. The van der Waals surface area contributed by atoms with Crippen LogP contribution in [0.15, 0.2) is 24.3 Å². The molecule has 0 aliphatic heterocycles. The molecule has 5 heteroatoms. The molecule has 0 radical (unpaired) electrons. The number of nitrogens with zero attached hydrogens (tertiary/aromatic N) is 2. The molecule has 1 N–H and O–H groups in total. The highest BCUT2D eigenvalue weighted by Crippen LogP contribution is 2.40. The molecule has 0 saturated heterocycles. The Morgan fingerprint density at radius 3 is 2.95 bits per heavy atom. The normalized spacial score (nSPS) is 13.6. The van der Waals surface area contributed by atoms with Gasteiger partial charge in [0, 0.05) is 17.5 Å². The summed E-state index contributed by atoms with van der Waals surface area (Å²) >= 11 is 1.74. The minimum Gasteiger partial charge on any atom is -0.372 e. The highest BCUT2D eigenvalue weighted by molar-refractivity contribution is 7.19. The average molecular weight is 299 g/mol. The van der Waals surface area contributed by atoms with E-state index in [1.54, 1.807) is 17.4 Å². The SMILES string of the molecule is CNc1nc(-c2cccc(F)c2)nc2sc3c(c12)CCC3. The summed E-state index contributed by atoms with van der Waals surface area (Å²) in [6.07, 6.45) is 3.45. The van der Waals surface area contributed by atoms with Crippen molar-refractivity contribution in [2.45, 2.75) is 19.3 Å². The van der Waals surface area contributed by atoms with Crippen LogP contribution >= 0.6 is 11.3 Å². The second kappa shape index (κ2) is 4.77. The molecule has 1 aromatic carbocycles. The van der Waals surface area contributed by atoms with E-state index in [4.69, 9.17) is 0 Å². The Morgan fingerprint density at radius 2 is 2.14 bits per heavy atom. The van der Waals surface area contributed by atoms with Crippen molar-refractivity contribution in [2.75, 3.05) is 12.4 Å². The number of hydrogen-bond acceptors (Lipinski definition) is 4. The lowest BCUT2D eigenvalue weighted by Crippen LogP contribution is -1.98. The fourth-order valence-corrected chi connectivity index (χ4v) is 4.19. The van der Waals surface area contributed by atoms with E-state index in [1.165, 1.54) is 29.0 Å². The molecule has 1 aliphatic rings. The van der Waals surface area contributed by atoms with E-state index < -0.39 is 0 Å². The summed E-state index contributed by atoms with van der Waals surface area (Å²) in [6, 6.07) is 6.43. The molecule has 3 aromatic rings. The Morgan fingerprint density at radius 1 is 1.24 bits per heavy atom. The minimum absolute atomic E-state index is 0.268. The van der Waals surface area contributed by atoms with E-state index in [1.807, 2.05) is 13.1 Å². The van der Waals surface area contributed by atoms with Gasteiger partial charge in [-0.15, -0.1) is 11.3 Å². The van der Waals surface area contributed by atoms with Gasteiger partial charge in [-0.2, -0.15) is 0 Å². The number of aryl methyl sites for hydroxylation is 2. The fourth-order valence-electron chi connectivity index (χ4n) is 2.93. The largest absolute Gasteiger partial charge is 0.372 e. The molecule has 0 unspecified atom stereocenters. The number of nitrogens with one attached hydrogen (secondary N) is 1. The molecule has 0 amide bonds. The van der Waals surface area contributed by atoms with Gasteiger partial charge in [-0.3, -0.25) is 0 Å². The lowest BCUT2D eigenvalue weighted by molar-refractivity contribution is 0.628. The summed E-state index contributed by atoms with van der Waals surface area (Å²) < 4.78 is 13.4. The maximum absolute atomic E-state index is 13.4. The quantitative estimate of drug-likeness (QED) is 0.776. The van der Waals surface area contributed by atoms with Crippen molar-refractivity contribution >= 4 is 27.4 Å². The van der Waals surface area contributed by atoms with Gasteiger partial charge in [0.15, 0.2) is 5.82 Å². The van der Waals surface area contributed by atoms with E-state index in [0.29, 0.717) is 11.4 Å². The highest BCUT2D eigenvalue weighted by atomic mass is 32.1. The first-order valence-corrected chi connectivity index (χ1v) is 7.84. The second-order valence-corrected chi connectivity index (χ2v) is 6.28. The van der Waals surface area contributed by atoms with Gasteiger partial charge >= 0.3 is 0 Å². The number of thiophene rings is 1. The molecule has 3 nitrogen and oxygen atoms in total. The third-order valence-electron chi connectivity index (χ3n) is 3.88. The van der Waals surface area contributed by atoms with Crippen LogP contribution in [0.2, 0.25) is 0 Å². The molecule has 2 heterocycles. The van der Waals surface area contributed by atoms with E-state index in [9.17, 15) is 4.39 Å². The van der Waals surface area contributed by atoms with Crippen LogP contribution in [0.5, 0.6) is 0 Å². The first-order valence-electron chi connectivity index (χ1n) is 7.02. The van der Waals surface area contributed by atoms with Gasteiger partial charge in [-0.05, 0) is 37.0 Å². The fraction of sp³-hybridized carbons (Fsp3) is 0.250. The van der Waals surface area contributed by atoms with Crippen LogP contribution in [-0.2, 0) is 12.8 Å². The lowest BCUT2D eigenvalue weighted by Gasteiger charge is -2.07. The van der Waals surface area contributed by atoms with Crippen molar-refractivity contribution in [1.29, 1.82) is 0 Å². The third kappa shape index (κ3) is 2.00. The first-order chi connectivity index (χ1) is 10.3. The summed E-state index contributed by atoms with van der Waals surface area (Å²) in [6.45, 7) is 0. The second-order valence-electron chi connectivity index (χ2n) is 5.19. The van der Waals surface area contributed by atoms with Crippen LogP contribution < -0.4 is 5.32 Å². The predicted octanol–water partition coefficient (Wildman–Crippen LogP) is 4.03. The molecule has 0 bridgehead atoms. The summed E-state index contributed by atoms with van der Waals surface area (Å²) in [7, 11) is 1.87. The molecular weight excluding hydrogens is 285 g/mol. The van der Waals surface area contributed by atoms with Crippen LogP contribution in [-0.4, -0.2) is 17.0 Å². The van der Waals surface area contributed by atoms with Crippen LogP contribution in [0.25, 0.3) is 21.6 Å². The number of anilines is 1. The standard InChI is InChI=1S/C16H14FN3S/c1-18-15-13-11-6-3-7-12(11)21-16(13)20-14(19-15)9-4-2-5-10(17)8-9/h2,4-5,8H,3,6-7H2,1H3,(H,18,19,20). The summed E-state index contributed by atoms with van der Waals surface area (Å²) in [5.74, 6) is 1.15. The van der Waals surface area contributed by atoms with Crippen molar-refractivity contribution in [3.8, 4) is 11.4 Å². The zero-order valence-electron chi connectivity index (χ0n) is 11.6. The number of hydrogen-bond donors (Lipinski definition) is 1. The summed E-state index contributed by atoms with van der Waals surface area (Å²) in [5.41, 5.74) is 2.10. The maximum atomic E-state index is 13.4. The van der Waals surface area contributed by atoms with Crippen LogP contribution in [0.4, 0.5) is 10.2 Å². The van der Waals surface area contributed by atoms with E-state index >= 15 is 0 Å². The minimum atomic E-state index is -0.268. The smallest absolute Gasteiger partial charge is 0.163 e. The number of fused-ring (bicyclic) bond motifs is 3. The Bertz CT molecular complexity index is 841. The Kier molecular flexibility index (Phi) is 2.89. The molecule has 4 rings (SSSR count). The maximum Gasteiger partial charge on any atom is 0.163 e. The molecule has 0 spiro atoms. The number of rotatable bonds is 2. The van der Waals surface area contributed by atoms with Crippen LogP contribution in [0.1, 0.15) is 16.9 Å². The van der Waals surface area contributed by atoms with Crippen LogP contribution in [0.3, 0.4) is 0 Å². The van der Waals surface area contributed by atoms with E-state index in [2.05, 4.69) is 15.3 Å². The predicted molar refractivity (Wildman–Crippen MR) is 84.4 cm³/mol. The lowest BCUT2D eigenvalue weighted by atomic mass is 10.1. The first kappa shape index (κ1) is 12.7. The van der Waals surface area contributed by atoms with Crippen LogP contribution in [0, 0.1) is 5.82 Å². The average Bonchev–Trinajstić information content (AvgIpc) is 3.06. The van der Waals surface area contributed by atoms with Crippen molar-refractivity contribution < 1.29 is 4.39 Å². The van der Waals surface area contributed by atoms with Gasteiger partial charge in [-0.1, -0.05) is 12.1 Å². The van der Waals surface area contributed by atoms with Gasteiger partial charge in [-0.25, -0.2) is 14.4 Å². The summed E-state index contributed by atoms with van der Waals surface area (Å²) in [4.78, 5) is 11.7. The monoisotopic (exact) mass is 299 g/mol.